The topological polar surface area (TPSA) is 54.3 Å². The van der Waals surface area contributed by atoms with Crippen molar-refractivity contribution in [2.24, 2.45) is 0 Å². The Bertz CT molecular complexity index is 682. The maximum Gasteiger partial charge on any atom is 0.248 e. The Kier molecular flexibility index (Phi) is 7.03. The first-order chi connectivity index (χ1) is 13.0. The van der Waals surface area contributed by atoms with E-state index in [1.165, 1.54) is 4.90 Å². The molecule has 0 bridgehead atoms. The number of hydrogen-bond donors (Lipinski definition) is 1. The van der Waals surface area contributed by atoms with Gasteiger partial charge in [0.2, 0.25) is 11.8 Å². The SMILES string of the molecule is COCC(=O)N1CC[NH+](CCN2C(=O)[C@@H](C)S[C@H]2c2ccccc2Cl)CC1. The quantitative estimate of drug-likeness (QED) is 0.746. The molecule has 0 unspecified atom stereocenters. The van der Waals surface area contributed by atoms with Crippen molar-refractivity contribution in [2.75, 3.05) is 53.0 Å². The Hall–Kier alpha value is -1.28. The van der Waals surface area contributed by atoms with E-state index in [0.717, 1.165) is 38.3 Å². The second kappa shape index (κ2) is 9.28. The van der Waals surface area contributed by atoms with Gasteiger partial charge in [0.05, 0.1) is 44.5 Å². The zero-order valence-electron chi connectivity index (χ0n) is 15.8. The minimum absolute atomic E-state index is 0.0230. The highest BCUT2D eigenvalue weighted by Crippen LogP contribution is 2.44. The van der Waals surface area contributed by atoms with Crippen molar-refractivity contribution in [3.63, 3.8) is 0 Å². The van der Waals surface area contributed by atoms with Gasteiger partial charge in [-0.1, -0.05) is 29.8 Å². The molecule has 2 heterocycles. The maximum atomic E-state index is 12.7. The van der Waals surface area contributed by atoms with Crippen LogP contribution in [-0.4, -0.2) is 79.8 Å². The number of hydrogen-bond acceptors (Lipinski definition) is 4. The van der Waals surface area contributed by atoms with Crippen LogP contribution in [0, 0.1) is 0 Å². The summed E-state index contributed by atoms with van der Waals surface area (Å²) in [4.78, 5) is 29.8. The number of halogens is 1. The normalized spacial score (nSPS) is 23.9. The van der Waals surface area contributed by atoms with Crippen LogP contribution in [-0.2, 0) is 14.3 Å². The first-order valence-electron chi connectivity index (χ1n) is 9.32. The lowest BCUT2D eigenvalue weighted by Gasteiger charge is -2.33. The molecule has 3 rings (SSSR count). The molecule has 1 aromatic rings. The summed E-state index contributed by atoms with van der Waals surface area (Å²) < 4.78 is 4.93. The molecule has 27 heavy (non-hydrogen) atoms. The predicted molar refractivity (Wildman–Crippen MR) is 107 cm³/mol. The van der Waals surface area contributed by atoms with Crippen molar-refractivity contribution < 1.29 is 19.2 Å². The summed E-state index contributed by atoms with van der Waals surface area (Å²) in [5.41, 5.74) is 1.01. The maximum absolute atomic E-state index is 12.7. The minimum atomic E-state index is -0.0511. The summed E-state index contributed by atoms with van der Waals surface area (Å²) in [6.07, 6.45) is 0. The third-order valence-corrected chi connectivity index (χ3v) is 6.94. The predicted octanol–water partition coefficient (Wildman–Crippen LogP) is 0.676. The van der Waals surface area contributed by atoms with E-state index in [9.17, 15) is 9.59 Å². The van der Waals surface area contributed by atoms with E-state index in [4.69, 9.17) is 16.3 Å². The molecule has 2 saturated heterocycles. The van der Waals surface area contributed by atoms with Crippen molar-refractivity contribution >= 4 is 35.2 Å². The fourth-order valence-electron chi connectivity index (χ4n) is 3.63. The molecule has 1 N–H and O–H groups in total. The number of thioether (sulfide) groups is 1. The number of piperazine rings is 1. The van der Waals surface area contributed by atoms with Gasteiger partial charge in [0.1, 0.15) is 12.0 Å². The monoisotopic (exact) mass is 412 g/mol. The second-order valence-electron chi connectivity index (χ2n) is 7.00. The van der Waals surface area contributed by atoms with Gasteiger partial charge in [0.15, 0.2) is 0 Å². The van der Waals surface area contributed by atoms with Gasteiger partial charge >= 0.3 is 0 Å². The van der Waals surface area contributed by atoms with Crippen LogP contribution in [0.3, 0.4) is 0 Å². The Morgan fingerprint density at radius 1 is 1.33 bits per heavy atom. The van der Waals surface area contributed by atoms with Gasteiger partial charge in [-0.15, -0.1) is 11.8 Å². The molecule has 2 aliphatic heterocycles. The number of quaternary nitrogens is 1. The average molecular weight is 413 g/mol. The zero-order valence-corrected chi connectivity index (χ0v) is 17.4. The fraction of sp³-hybridized carbons (Fsp3) is 0.579. The van der Waals surface area contributed by atoms with Crippen LogP contribution in [0.25, 0.3) is 0 Å². The molecule has 0 aromatic heterocycles. The molecular formula is C19H27ClN3O3S+. The molecule has 1 aromatic carbocycles. The summed E-state index contributed by atoms with van der Waals surface area (Å²) in [6, 6.07) is 7.76. The van der Waals surface area contributed by atoms with Crippen LogP contribution in [0.1, 0.15) is 17.9 Å². The summed E-state index contributed by atoms with van der Waals surface area (Å²) >= 11 is 8.04. The van der Waals surface area contributed by atoms with Gasteiger partial charge in [0.25, 0.3) is 0 Å². The zero-order chi connectivity index (χ0) is 19.4. The Balaban J connectivity index is 1.57. The van der Waals surface area contributed by atoms with Gasteiger partial charge in [-0.2, -0.15) is 0 Å². The molecule has 0 aliphatic carbocycles. The van der Waals surface area contributed by atoms with Crippen molar-refractivity contribution in [2.45, 2.75) is 17.5 Å². The average Bonchev–Trinajstić information content (AvgIpc) is 2.95. The van der Waals surface area contributed by atoms with Crippen molar-refractivity contribution in [1.82, 2.24) is 9.80 Å². The number of amides is 2. The van der Waals surface area contributed by atoms with E-state index in [1.807, 2.05) is 41.0 Å². The van der Waals surface area contributed by atoms with Gasteiger partial charge in [-0.25, -0.2) is 0 Å². The van der Waals surface area contributed by atoms with Crippen LogP contribution >= 0.6 is 23.4 Å². The highest BCUT2D eigenvalue weighted by atomic mass is 35.5. The number of benzene rings is 1. The highest BCUT2D eigenvalue weighted by Gasteiger charge is 2.39. The summed E-state index contributed by atoms with van der Waals surface area (Å²) in [6.45, 7) is 6.97. The Morgan fingerprint density at radius 3 is 2.70 bits per heavy atom. The van der Waals surface area contributed by atoms with E-state index in [-0.39, 0.29) is 29.0 Å². The van der Waals surface area contributed by atoms with Crippen molar-refractivity contribution in [3.05, 3.63) is 34.9 Å². The number of methoxy groups -OCH3 is 1. The van der Waals surface area contributed by atoms with Gasteiger partial charge in [0, 0.05) is 17.7 Å². The van der Waals surface area contributed by atoms with Gasteiger partial charge in [-0.3, -0.25) is 9.59 Å². The summed E-state index contributed by atoms with van der Waals surface area (Å²) in [5.74, 6) is 0.230. The molecule has 2 amide bonds. The minimum Gasteiger partial charge on any atom is -0.375 e. The largest absolute Gasteiger partial charge is 0.375 e. The van der Waals surface area contributed by atoms with Crippen LogP contribution in [0.5, 0.6) is 0 Å². The highest BCUT2D eigenvalue weighted by molar-refractivity contribution is 8.01. The Morgan fingerprint density at radius 2 is 2.04 bits per heavy atom. The number of carbonyl (C=O) groups is 2. The Labute approximate surface area is 169 Å². The molecule has 148 valence electrons. The summed E-state index contributed by atoms with van der Waals surface area (Å²) in [7, 11) is 1.54. The number of nitrogens with zero attached hydrogens (tertiary/aromatic N) is 2. The van der Waals surface area contributed by atoms with Crippen LogP contribution in [0.15, 0.2) is 24.3 Å². The van der Waals surface area contributed by atoms with E-state index < -0.39 is 0 Å². The lowest BCUT2D eigenvalue weighted by molar-refractivity contribution is -0.903. The van der Waals surface area contributed by atoms with Gasteiger partial charge in [-0.05, 0) is 13.0 Å². The lowest BCUT2D eigenvalue weighted by Crippen LogP contribution is -3.15. The van der Waals surface area contributed by atoms with Crippen LogP contribution in [0.2, 0.25) is 5.02 Å². The first-order valence-corrected chi connectivity index (χ1v) is 10.6. The smallest absolute Gasteiger partial charge is 0.248 e. The number of ether oxygens (including phenoxy) is 1. The molecular weight excluding hydrogens is 386 g/mol. The van der Waals surface area contributed by atoms with E-state index in [1.54, 1.807) is 18.9 Å². The van der Waals surface area contributed by atoms with E-state index in [2.05, 4.69) is 0 Å². The fourth-order valence-corrected chi connectivity index (χ4v) is 5.28. The molecule has 2 aliphatic rings. The first kappa shape index (κ1) is 20.5. The number of nitrogens with one attached hydrogen (secondary N) is 1. The standard InChI is InChI=1S/C19H26ClN3O3S/c1-14-18(25)23(19(27-14)15-5-3-4-6-16(15)20)12-9-21-7-10-22(11-8-21)17(24)13-26-2/h3-6,14,19H,7-13H2,1-2H3/p+1/t14-,19+/m1/s1. The third kappa shape index (κ3) is 4.77. The number of rotatable bonds is 6. The molecule has 2 fully saturated rings. The van der Waals surface area contributed by atoms with E-state index >= 15 is 0 Å². The number of carbonyl (C=O) groups excluding carboxylic acids is 2. The molecule has 0 spiro atoms. The lowest BCUT2D eigenvalue weighted by atomic mass is 10.2. The van der Waals surface area contributed by atoms with Crippen LogP contribution in [0.4, 0.5) is 0 Å². The van der Waals surface area contributed by atoms with Crippen molar-refractivity contribution in [3.8, 4) is 0 Å². The third-order valence-electron chi connectivity index (χ3n) is 5.22. The molecule has 8 heteroatoms. The second-order valence-corrected chi connectivity index (χ2v) is 8.83. The molecule has 0 radical (unpaired) electrons. The van der Waals surface area contributed by atoms with Crippen molar-refractivity contribution in [1.29, 1.82) is 0 Å². The summed E-state index contributed by atoms with van der Waals surface area (Å²) in [5, 5.41) is 0.634. The molecule has 0 saturated carbocycles. The van der Waals surface area contributed by atoms with Crippen LogP contribution < -0.4 is 4.90 Å². The molecule has 6 nitrogen and oxygen atoms in total. The molecule has 2 atom stereocenters. The van der Waals surface area contributed by atoms with Gasteiger partial charge < -0.3 is 19.4 Å². The van der Waals surface area contributed by atoms with E-state index in [0.29, 0.717) is 11.6 Å².